The molecule has 170 valence electrons. The first-order valence-corrected chi connectivity index (χ1v) is 11.5. The van der Waals surface area contributed by atoms with Crippen molar-refractivity contribution < 1.29 is 9.18 Å². The van der Waals surface area contributed by atoms with Gasteiger partial charge in [-0.2, -0.15) is 5.10 Å². The number of rotatable bonds is 6. The van der Waals surface area contributed by atoms with Gasteiger partial charge in [-0.05, 0) is 37.3 Å². The monoisotopic (exact) mass is 473 g/mol. The third-order valence-electron chi connectivity index (χ3n) is 5.45. The molecular weight excluding hydrogens is 453 g/mol. The Morgan fingerprint density at radius 1 is 1.00 bits per heavy atom. The molecule has 2 aromatic carbocycles. The molecule has 0 saturated heterocycles. The molecule has 0 spiro atoms. The van der Waals surface area contributed by atoms with Gasteiger partial charge in [0.15, 0.2) is 4.96 Å². The lowest BCUT2D eigenvalue weighted by molar-refractivity contribution is 0.0955. The van der Waals surface area contributed by atoms with E-state index >= 15 is 0 Å². The van der Waals surface area contributed by atoms with Crippen LogP contribution in [0.2, 0.25) is 0 Å². The van der Waals surface area contributed by atoms with E-state index in [1.54, 1.807) is 18.2 Å². The number of nitrogens with one attached hydrogen (secondary N) is 1. The molecule has 34 heavy (non-hydrogen) atoms. The first kappa shape index (κ1) is 21.7. The van der Waals surface area contributed by atoms with E-state index in [4.69, 9.17) is 0 Å². The molecule has 0 aliphatic carbocycles. The number of carbonyl (C=O) groups excluding carboxylic acids is 1. The Morgan fingerprint density at radius 2 is 1.74 bits per heavy atom. The van der Waals surface area contributed by atoms with Gasteiger partial charge in [0.2, 0.25) is 0 Å². The van der Waals surface area contributed by atoms with E-state index in [0.717, 1.165) is 16.8 Å². The van der Waals surface area contributed by atoms with Crippen molar-refractivity contribution in [2.45, 2.75) is 13.5 Å². The van der Waals surface area contributed by atoms with Gasteiger partial charge in [-0.25, -0.2) is 14.1 Å². The van der Waals surface area contributed by atoms with E-state index in [9.17, 15) is 14.0 Å². The number of fused-ring (bicyclic) bond motifs is 1. The van der Waals surface area contributed by atoms with Gasteiger partial charge in [0.25, 0.3) is 11.5 Å². The average molecular weight is 474 g/mol. The van der Waals surface area contributed by atoms with Crippen molar-refractivity contribution in [1.29, 1.82) is 0 Å². The predicted molar refractivity (Wildman–Crippen MR) is 129 cm³/mol. The first-order valence-electron chi connectivity index (χ1n) is 10.7. The Morgan fingerprint density at radius 3 is 2.47 bits per heavy atom. The number of imidazole rings is 1. The summed E-state index contributed by atoms with van der Waals surface area (Å²) < 4.78 is 16.4. The summed E-state index contributed by atoms with van der Waals surface area (Å²) in [5, 5.41) is 7.28. The normalized spacial score (nSPS) is 11.1. The largest absolute Gasteiger partial charge is 0.349 e. The Kier molecular flexibility index (Phi) is 5.77. The maximum absolute atomic E-state index is 13.2. The molecule has 3 heterocycles. The van der Waals surface area contributed by atoms with Crippen molar-refractivity contribution in [3.8, 4) is 22.5 Å². The van der Waals surface area contributed by atoms with Crippen molar-refractivity contribution in [2.75, 3.05) is 6.54 Å². The fraction of sp³-hybridized carbons (Fsp3) is 0.120. The summed E-state index contributed by atoms with van der Waals surface area (Å²) >= 11 is 1.28. The number of halogens is 1. The zero-order valence-electron chi connectivity index (χ0n) is 18.2. The second-order valence-electron chi connectivity index (χ2n) is 7.70. The highest BCUT2D eigenvalue weighted by Crippen LogP contribution is 2.27. The lowest BCUT2D eigenvalue weighted by Crippen LogP contribution is -2.31. The number of amides is 1. The van der Waals surface area contributed by atoms with E-state index in [1.807, 2.05) is 47.9 Å². The third-order valence-corrected chi connectivity index (χ3v) is 6.60. The lowest BCUT2D eigenvalue weighted by atomic mass is 10.1. The molecule has 0 atom stereocenters. The van der Waals surface area contributed by atoms with Gasteiger partial charge in [-0.1, -0.05) is 41.7 Å². The molecule has 0 fully saturated rings. The molecule has 0 unspecified atom stereocenters. The van der Waals surface area contributed by atoms with Gasteiger partial charge in [0.1, 0.15) is 10.7 Å². The molecule has 3 aromatic heterocycles. The number of aromatic nitrogens is 4. The van der Waals surface area contributed by atoms with Crippen LogP contribution in [0.15, 0.2) is 77.7 Å². The van der Waals surface area contributed by atoms with Crippen LogP contribution in [-0.2, 0) is 6.54 Å². The van der Waals surface area contributed by atoms with Crippen LogP contribution in [-0.4, -0.2) is 31.6 Å². The van der Waals surface area contributed by atoms with Crippen LogP contribution in [0.1, 0.15) is 15.4 Å². The molecular formula is C25H20FN5O2S. The summed E-state index contributed by atoms with van der Waals surface area (Å²) in [6, 6.07) is 18.9. The zero-order valence-corrected chi connectivity index (χ0v) is 19.1. The van der Waals surface area contributed by atoms with Crippen molar-refractivity contribution in [3.63, 3.8) is 0 Å². The second-order valence-corrected chi connectivity index (χ2v) is 8.68. The number of nitrogens with zero attached hydrogens (tertiary/aromatic N) is 4. The molecule has 1 N–H and O–H groups in total. The van der Waals surface area contributed by atoms with Crippen LogP contribution in [0.3, 0.4) is 0 Å². The lowest BCUT2D eigenvalue weighted by Gasteiger charge is -2.08. The van der Waals surface area contributed by atoms with Crippen LogP contribution in [0, 0.1) is 12.7 Å². The van der Waals surface area contributed by atoms with Gasteiger partial charge in [-0.3, -0.25) is 14.0 Å². The Balaban J connectivity index is 1.28. The Labute approximate surface area is 198 Å². The summed E-state index contributed by atoms with van der Waals surface area (Å²) in [6.45, 7) is 2.36. The molecule has 5 rings (SSSR count). The highest BCUT2D eigenvalue weighted by Gasteiger charge is 2.18. The number of hydrogen-bond donors (Lipinski definition) is 1. The Bertz CT molecular complexity index is 1540. The minimum atomic E-state index is -0.302. The van der Waals surface area contributed by atoms with E-state index < -0.39 is 0 Å². The topological polar surface area (TPSA) is 81.3 Å². The van der Waals surface area contributed by atoms with Crippen molar-refractivity contribution in [1.82, 2.24) is 24.5 Å². The molecule has 0 aliphatic rings. The number of thiazole rings is 1. The summed E-state index contributed by atoms with van der Waals surface area (Å²) in [4.78, 5) is 30.8. The van der Waals surface area contributed by atoms with Gasteiger partial charge >= 0.3 is 0 Å². The number of benzene rings is 2. The molecule has 5 aromatic rings. The fourth-order valence-corrected chi connectivity index (χ4v) is 4.67. The van der Waals surface area contributed by atoms with Crippen LogP contribution in [0.5, 0.6) is 0 Å². The molecule has 7 nitrogen and oxygen atoms in total. The number of hydrogen-bond acceptors (Lipinski definition) is 5. The van der Waals surface area contributed by atoms with Crippen molar-refractivity contribution >= 4 is 22.2 Å². The first-order chi connectivity index (χ1) is 16.5. The minimum Gasteiger partial charge on any atom is -0.349 e. The van der Waals surface area contributed by atoms with Crippen molar-refractivity contribution in [2.24, 2.45) is 0 Å². The molecule has 0 bridgehead atoms. The molecule has 9 heteroatoms. The second kappa shape index (κ2) is 9.03. The third kappa shape index (κ3) is 4.25. The van der Waals surface area contributed by atoms with Crippen molar-refractivity contribution in [3.05, 3.63) is 99.7 Å². The molecule has 1 amide bonds. The predicted octanol–water partition coefficient (Wildman–Crippen LogP) is 4.16. The zero-order chi connectivity index (χ0) is 23.7. The summed E-state index contributed by atoms with van der Waals surface area (Å²) in [6.07, 6.45) is 1.84. The van der Waals surface area contributed by atoms with E-state index in [2.05, 4.69) is 15.4 Å². The summed E-state index contributed by atoms with van der Waals surface area (Å²) in [7, 11) is 0. The van der Waals surface area contributed by atoms with Crippen LogP contribution in [0.25, 0.3) is 27.5 Å². The van der Waals surface area contributed by atoms with E-state index in [-0.39, 0.29) is 30.4 Å². The van der Waals surface area contributed by atoms with Gasteiger partial charge < -0.3 is 5.32 Å². The molecule has 0 saturated carbocycles. The van der Waals surface area contributed by atoms with Gasteiger partial charge in [0, 0.05) is 35.6 Å². The van der Waals surface area contributed by atoms with Crippen LogP contribution in [0.4, 0.5) is 4.39 Å². The minimum absolute atomic E-state index is 0.229. The number of carbonyl (C=O) groups is 1. The molecule has 0 aliphatic heterocycles. The average Bonchev–Trinajstić information content (AvgIpc) is 3.40. The standard InChI is InChI=1S/C25H20FN5O2S/c1-16-23(34-25-28-21(15-30(16)25)18-7-9-19(26)10-8-18)24(33)27-13-14-31-22(32)12-11-20(29-31)17-5-3-2-4-6-17/h2-12,15H,13-14H2,1H3,(H,27,33). The summed E-state index contributed by atoms with van der Waals surface area (Å²) in [5.41, 5.74) is 3.66. The Hall–Kier alpha value is -4.11. The highest BCUT2D eigenvalue weighted by molar-refractivity contribution is 7.19. The maximum Gasteiger partial charge on any atom is 0.266 e. The SMILES string of the molecule is Cc1c(C(=O)NCCn2nc(-c3ccccc3)ccc2=O)sc2nc(-c3ccc(F)cc3)cn12. The summed E-state index contributed by atoms with van der Waals surface area (Å²) in [5.74, 6) is -0.534. The maximum atomic E-state index is 13.2. The van der Waals surface area contributed by atoms with E-state index in [1.165, 1.54) is 34.2 Å². The van der Waals surface area contributed by atoms with E-state index in [0.29, 0.717) is 21.2 Å². The van der Waals surface area contributed by atoms with Gasteiger partial charge in [0.05, 0.1) is 17.9 Å². The quantitative estimate of drug-likeness (QED) is 0.402. The highest BCUT2D eigenvalue weighted by atomic mass is 32.1. The molecule has 0 radical (unpaired) electrons. The van der Waals surface area contributed by atoms with Crippen LogP contribution < -0.4 is 10.9 Å². The number of aryl methyl sites for hydroxylation is 1. The fourth-order valence-electron chi connectivity index (χ4n) is 3.65. The smallest absolute Gasteiger partial charge is 0.266 e. The van der Waals surface area contributed by atoms with Gasteiger partial charge in [-0.15, -0.1) is 0 Å². The van der Waals surface area contributed by atoms with Crippen LogP contribution >= 0.6 is 11.3 Å².